The van der Waals surface area contributed by atoms with Crippen molar-refractivity contribution in [3.05, 3.63) is 65.8 Å². The molecule has 3 aromatic rings. The molecule has 6 heteroatoms. The first-order chi connectivity index (χ1) is 10.8. The van der Waals surface area contributed by atoms with E-state index in [1.807, 2.05) is 53.9 Å². The fourth-order valence-electron chi connectivity index (χ4n) is 1.86. The summed E-state index contributed by atoms with van der Waals surface area (Å²) < 4.78 is 0. The van der Waals surface area contributed by atoms with Crippen LogP contribution in [0.15, 0.2) is 60.1 Å². The van der Waals surface area contributed by atoms with Crippen molar-refractivity contribution < 1.29 is 0 Å². The molecule has 0 unspecified atom stereocenters. The minimum Gasteiger partial charge on any atom is -0.357 e. The van der Waals surface area contributed by atoms with Gasteiger partial charge in [0.2, 0.25) is 0 Å². The molecule has 2 aromatic heterocycles. The number of aromatic nitrogens is 2. The molecule has 0 aliphatic heterocycles. The lowest BCUT2D eigenvalue weighted by molar-refractivity contribution is 0.893. The topological polar surface area (TPSA) is 49.8 Å². The highest BCUT2D eigenvalue weighted by molar-refractivity contribution is 7.80. The lowest BCUT2D eigenvalue weighted by Gasteiger charge is -2.09. The van der Waals surface area contributed by atoms with Crippen LogP contribution in [0.3, 0.4) is 0 Å². The molecule has 22 heavy (non-hydrogen) atoms. The third-order valence-corrected chi connectivity index (χ3v) is 4.06. The summed E-state index contributed by atoms with van der Waals surface area (Å²) in [6.07, 6.45) is 1.77. The number of nitrogens with zero attached hydrogens (tertiary/aromatic N) is 2. The van der Waals surface area contributed by atoms with Gasteiger partial charge >= 0.3 is 0 Å². The van der Waals surface area contributed by atoms with Crippen LogP contribution in [0.4, 0.5) is 5.69 Å². The highest BCUT2D eigenvalue weighted by Crippen LogP contribution is 2.21. The van der Waals surface area contributed by atoms with Crippen LogP contribution in [0.2, 0.25) is 0 Å². The second-order valence-electron chi connectivity index (χ2n) is 4.53. The Morgan fingerprint density at radius 1 is 1.09 bits per heavy atom. The zero-order chi connectivity index (χ0) is 15.2. The second-order valence-corrected chi connectivity index (χ2v) is 5.80. The van der Waals surface area contributed by atoms with Crippen LogP contribution in [-0.4, -0.2) is 15.1 Å². The predicted octanol–water partition coefficient (Wildman–Crippen LogP) is 3.69. The summed E-state index contributed by atoms with van der Waals surface area (Å²) in [4.78, 5) is 8.87. The molecule has 0 radical (unpaired) electrons. The Morgan fingerprint density at radius 2 is 1.91 bits per heavy atom. The third kappa shape index (κ3) is 3.87. The number of nitrogens with one attached hydrogen (secondary N) is 2. The zero-order valence-electron chi connectivity index (χ0n) is 11.7. The zero-order valence-corrected chi connectivity index (χ0v) is 13.3. The Kier molecular flexibility index (Phi) is 4.72. The Bertz CT molecular complexity index is 741. The van der Waals surface area contributed by atoms with Crippen molar-refractivity contribution in [1.82, 2.24) is 15.3 Å². The number of thiocarbonyl (C=S) groups is 1. The number of hydrogen-bond acceptors (Lipinski definition) is 4. The molecule has 0 saturated heterocycles. The first kappa shape index (κ1) is 14.6. The van der Waals surface area contributed by atoms with Crippen LogP contribution in [-0.2, 0) is 6.54 Å². The van der Waals surface area contributed by atoms with Crippen molar-refractivity contribution in [2.45, 2.75) is 6.54 Å². The van der Waals surface area contributed by atoms with Gasteiger partial charge in [0.15, 0.2) is 5.11 Å². The number of benzene rings is 1. The van der Waals surface area contributed by atoms with Crippen LogP contribution in [0.25, 0.3) is 10.7 Å². The van der Waals surface area contributed by atoms with Crippen molar-refractivity contribution in [3.8, 4) is 10.7 Å². The van der Waals surface area contributed by atoms with Crippen molar-refractivity contribution in [1.29, 1.82) is 0 Å². The SMILES string of the molecule is S=C(NCc1csc(-c2ccccn2)n1)Nc1ccccc1. The van der Waals surface area contributed by atoms with Gasteiger partial charge in [-0.2, -0.15) is 0 Å². The fraction of sp³-hybridized carbons (Fsp3) is 0.0625. The first-order valence-corrected chi connectivity index (χ1v) is 8.06. The molecule has 3 rings (SSSR count). The largest absolute Gasteiger partial charge is 0.357 e. The van der Waals surface area contributed by atoms with Gasteiger partial charge in [0.05, 0.1) is 17.9 Å². The maximum absolute atomic E-state index is 5.28. The van der Waals surface area contributed by atoms with E-state index in [1.54, 1.807) is 17.5 Å². The van der Waals surface area contributed by atoms with E-state index in [0.717, 1.165) is 22.1 Å². The molecular weight excluding hydrogens is 312 g/mol. The number of rotatable bonds is 4. The van der Waals surface area contributed by atoms with E-state index in [9.17, 15) is 0 Å². The Labute approximate surface area is 138 Å². The van der Waals surface area contributed by atoms with Crippen molar-refractivity contribution in [3.63, 3.8) is 0 Å². The summed E-state index contributed by atoms with van der Waals surface area (Å²) in [5.74, 6) is 0. The van der Waals surface area contributed by atoms with Gasteiger partial charge in [-0.3, -0.25) is 4.98 Å². The van der Waals surface area contributed by atoms with Gasteiger partial charge in [0, 0.05) is 17.3 Å². The number of anilines is 1. The van der Waals surface area contributed by atoms with E-state index in [4.69, 9.17) is 12.2 Å². The summed E-state index contributed by atoms with van der Waals surface area (Å²) in [5.41, 5.74) is 2.80. The number of hydrogen-bond donors (Lipinski definition) is 2. The maximum atomic E-state index is 5.28. The van der Waals surface area contributed by atoms with Crippen LogP contribution >= 0.6 is 23.6 Å². The molecule has 2 N–H and O–H groups in total. The Hall–Kier alpha value is -2.31. The average Bonchev–Trinajstić information content (AvgIpc) is 3.04. The molecule has 0 atom stereocenters. The summed E-state index contributed by atoms with van der Waals surface area (Å²) in [5, 5.41) is 9.80. The fourth-order valence-corrected chi connectivity index (χ4v) is 2.85. The standard InChI is InChI=1S/C16H14N4S2/c21-16(20-12-6-2-1-3-7-12)18-10-13-11-22-15(19-13)14-8-4-5-9-17-14/h1-9,11H,10H2,(H2,18,20,21). The normalized spacial score (nSPS) is 10.2. The molecule has 1 aromatic carbocycles. The molecule has 4 nitrogen and oxygen atoms in total. The molecule has 0 bridgehead atoms. The Balaban J connectivity index is 1.56. The molecule has 0 fully saturated rings. The third-order valence-electron chi connectivity index (χ3n) is 2.90. The van der Waals surface area contributed by atoms with Gasteiger partial charge in [-0.05, 0) is 36.5 Å². The molecule has 110 valence electrons. The highest BCUT2D eigenvalue weighted by atomic mass is 32.1. The monoisotopic (exact) mass is 326 g/mol. The van der Waals surface area contributed by atoms with E-state index < -0.39 is 0 Å². The molecule has 0 spiro atoms. The minimum absolute atomic E-state index is 0.582. The number of para-hydroxylation sites is 1. The van der Waals surface area contributed by atoms with Crippen LogP contribution in [0, 0.1) is 0 Å². The van der Waals surface area contributed by atoms with Crippen LogP contribution in [0.5, 0.6) is 0 Å². The van der Waals surface area contributed by atoms with Crippen LogP contribution < -0.4 is 10.6 Å². The molecule has 0 amide bonds. The summed E-state index contributed by atoms with van der Waals surface area (Å²) >= 11 is 6.86. The van der Waals surface area contributed by atoms with Crippen molar-refractivity contribution in [2.24, 2.45) is 0 Å². The van der Waals surface area contributed by atoms with E-state index in [0.29, 0.717) is 11.7 Å². The van der Waals surface area contributed by atoms with Gasteiger partial charge in [0.25, 0.3) is 0 Å². The molecule has 0 aliphatic rings. The van der Waals surface area contributed by atoms with Crippen molar-refractivity contribution in [2.75, 3.05) is 5.32 Å². The first-order valence-electron chi connectivity index (χ1n) is 6.77. The van der Waals surface area contributed by atoms with Crippen LogP contribution in [0.1, 0.15) is 5.69 Å². The lowest BCUT2D eigenvalue weighted by Crippen LogP contribution is -2.27. The summed E-state index contributed by atoms with van der Waals surface area (Å²) in [6.45, 7) is 0.585. The quantitative estimate of drug-likeness (QED) is 0.716. The highest BCUT2D eigenvalue weighted by Gasteiger charge is 2.06. The summed E-state index contributed by atoms with van der Waals surface area (Å²) in [6, 6.07) is 15.6. The van der Waals surface area contributed by atoms with Gasteiger partial charge < -0.3 is 10.6 Å². The van der Waals surface area contributed by atoms with Gasteiger partial charge in [-0.25, -0.2) is 4.98 Å². The maximum Gasteiger partial charge on any atom is 0.171 e. The van der Waals surface area contributed by atoms with Crippen molar-refractivity contribution >= 4 is 34.4 Å². The smallest absolute Gasteiger partial charge is 0.171 e. The minimum atomic E-state index is 0.582. The van der Waals surface area contributed by atoms with E-state index >= 15 is 0 Å². The van der Waals surface area contributed by atoms with Gasteiger partial charge in [-0.1, -0.05) is 24.3 Å². The van der Waals surface area contributed by atoms with E-state index in [2.05, 4.69) is 20.6 Å². The lowest BCUT2D eigenvalue weighted by atomic mass is 10.3. The summed E-state index contributed by atoms with van der Waals surface area (Å²) in [7, 11) is 0. The predicted molar refractivity (Wildman–Crippen MR) is 94.8 cm³/mol. The number of pyridine rings is 1. The molecule has 0 aliphatic carbocycles. The second kappa shape index (κ2) is 7.11. The Morgan fingerprint density at radius 3 is 2.68 bits per heavy atom. The number of thiazole rings is 1. The van der Waals surface area contributed by atoms with Gasteiger partial charge in [-0.15, -0.1) is 11.3 Å². The average molecular weight is 326 g/mol. The molecule has 2 heterocycles. The molecule has 0 saturated carbocycles. The van der Waals surface area contributed by atoms with Gasteiger partial charge in [0.1, 0.15) is 5.01 Å². The van der Waals surface area contributed by atoms with E-state index in [1.165, 1.54) is 0 Å². The molecular formula is C16H14N4S2. The van der Waals surface area contributed by atoms with E-state index in [-0.39, 0.29) is 0 Å².